The van der Waals surface area contributed by atoms with Crippen LogP contribution < -0.4 is 10.3 Å². The van der Waals surface area contributed by atoms with Crippen molar-refractivity contribution in [1.29, 1.82) is 0 Å². The number of benzene rings is 2. The SMILES string of the molecule is CCCCC1C(c2ccc(C)cc2)=NN(c2ccccc2)C1(C)C(=O)NCCCCCCO. The van der Waals surface area contributed by atoms with Gasteiger partial charge in [-0.3, -0.25) is 4.79 Å². The Bertz CT molecular complexity index is 910. The van der Waals surface area contributed by atoms with Gasteiger partial charge in [-0.05, 0) is 50.8 Å². The fraction of sp³-hybridized carbons (Fsp3) is 0.500. The molecule has 0 spiro atoms. The first kappa shape index (κ1) is 25.0. The molecule has 0 saturated heterocycles. The molecule has 1 aliphatic rings. The summed E-state index contributed by atoms with van der Waals surface area (Å²) < 4.78 is 0. The van der Waals surface area contributed by atoms with Gasteiger partial charge in [0.1, 0.15) is 5.54 Å². The van der Waals surface area contributed by atoms with E-state index >= 15 is 0 Å². The average molecular weight is 450 g/mol. The number of aryl methyl sites for hydroxylation is 1. The largest absolute Gasteiger partial charge is 0.396 e. The lowest BCUT2D eigenvalue weighted by molar-refractivity contribution is -0.126. The third-order valence-corrected chi connectivity index (χ3v) is 6.68. The number of carbonyl (C=O) groups excluding carboxylic acids is 1. The fourth-order valence-electron chi connectivity index (χ4n) is 4.63. The average Bonchev–Trinajstić information content (AvgIpc) is 3.14. The lowest BCUT2D eigenvalue weighted by Gasteiger charge is -2.37. The number of rotatable bonds is 12. The maximum absolute atomic E-state index is 13.8. The predicted octanol–water partition coefficient (Wildman–Crippen LogP) is 5.45. The number of unbranched alkanes of at least 4 members (excludes halogenated alkanes) is 4. The molecule has 0 fully saturated rings. The minimum atomic E-state index is -0.804. The fourth-order valence-corrected chi connectivity index (χ4v) is 4.63. The quantitative estimate of drug-likeness (QED) is 0.423. The predicted molar refractivity (Wildman–Crippen MR) is 137 cm³/mol. The molecule has 3 rings (SSSR count). The first-order valence-electron chi connectivity index (χ1n) is 12.4. The van der Waals surface area contributed by atoms with Gasteiger partial charge in [0, 0.05) is 19.1 Å². The van der Waals surface area contributed by atoms with Crippen LogP contribution in [-0.2, 0) is 4.79 Å². The lowest BCUT2D eigenvalue weighted by atomic mass is 9.76. The zero-order chi connectivity index (χ0) is 23.7. The van der Waals surface area contributed by atoms with Crippen molar-refractivity contribution in [2.75, 3.05) is 18.2 Å². The molecule has 2 atom stereocenters. The molecular weight excluding hydrogens is 410 g/mol. The van der Waals surface area contributed by atoms with E-state index < -0.39 is 5.54 Å². The molecule has 1 amide bonds. The highest BCUT2D eigenvalue weighted by molar-refractivity contribution is 6.10. The van der Waals surface area contributed by atoms with Gasteiger partial charge in [-0.1, -0.05) is 80.6 Å². The van der Waals surface area contributed by atoms with Crippen molar-refractivity contribution in [3.63, 3.8) is 0 Å². The second kappa shape index (κ2) is 12.0. The highest BCUT2D eigenvalue weighted by atomic mass is 16.2. The van der Waals surface area contributed by atoms with Gasteiger partial charge in [0.2, 0.25) is 5.91 Å². The molecule has 2 aromatic rings. The van der Waals surface area contributed by atoms with Crippen molar-refractivity contribution in [1.82, 2.24) is 5.32 Å². The van der Waals surface area contributed by atoms with Crippen LogP contribution >= 0.6 is 0 Å². The number of hydrogen-bond acceptors (Lipinski definition) is 4. The molecule has 0 aliphatic carbocycles. The number of anilines is 1. The molecule has 0 bridgehead atoms. The van der Waals surface area contributed by atoms with E-state index in [0.717, 1.165) is 61.9 Å². The molecule has 0 radical (unpaired) electrons. The van der Waals surface area contributed by atoms with E-state index in [4.69, 9.17) is 10.2 Å². The lowest BCUT2D eigenvalue weighted by Crippen LogP contribution is -2.58. The molecule has 178 valence electrons. The van der Waals surface area contributed by atoms with Gasteiger partial charge in [0.15, 0.2) is 0 Å². The van der Waals surface area contributed by atoms with E-state index in [-0.39, 0.29) is 18.4 Å². The highest BCUT2D eigenvalue weighted by Crippen LogP contribution is 2.41. The van der Waals surface area contributed by atoms with E-state index in [1.165, 1.54) is 5.56 Å². The van der Waals surface area contributed by atoms with Crippen LogP contribution in [0.25, 0.3) is 0 Å². The number of hydrogen-bond donors (Lipinski definition) is 2. The van der Waals surface area contributed by atoms with Crippen LogP contribution in [0.3, 0.4) is 0 Å². The molecule has 5 nitrogen and oxygen atoms in total. The smallest absolute Gasteiger partial charge is 0.248 e. The van der Waals surface area contributed by atoms with E-state index in [1.54, 1.807) is 0 Å². The van der Waals surface area contributed by atoms with Gasteiger partial charge in [-0.25, -0.2) is 5.01 Å². The van der Waals surface area contributed by atoms with E-state index in [1.807, 2.05) is 42.3 Å². The van der Waals surface area contributed by atoms with Gasteiger partial charge < -0.3 is 10.4 Å². The molecule has 33 heavy (non-hydrogen) atoms. The highest BCUT2D eigenvalue weighted by Gasteiger charge is 2.53. The van der Waals surface area contributed by atoms with Crippen molar-refractivity contribution >= 4 is 17.3 Å². The van der Waals surface area contributed by atoms with Crippen LogP contribution in [0, 0.1) is 12.8 Å². The van der Waals surface area contributed by atoms with Crippen molar-refractivity contribution in [2.24, 2.45) is 11.0 Å². The van der Waals surface area contributed by atoms with Crippen molar-refractivity contribution in [2.45, 2.75) is 71.3 Å². The van der Waals surface area contributed by atoms with Crippen molar-refractivity contribution in [3.05, 3.63) is 65.7 Å². The third kappa shape index (κ3) is 5.83. The van der Waals surface area contributed by atoms with Crippen LogP contribution in [0.2, 0.25) is 0 Å². The second-order valence-electron chi connectivity index (χ2n) is 9.23. The zero-order valence-electron chi connectivity index (χ0n) is 20.4. The molecule has 5 heteroatoms. The summed E-state index contributed by atoms with van der Waals surface area (Å²) in [6, 6.07) is 18.5. The number of amides is 1. The van der Waals surface area contributed by atoms with Crippen LogP contribution in [-0.4, -0.2) is 35.4 Å². The molecule has 1 heterocycles. The Morgan fingerprint density at radius 1 is 1.03 bits per heavy atom. The number of para-hydroxylation sites is 1. The molecule has 2 aromatic carbocycles. The summed E-state index contributed by atoms with van der Waals surface area (Å²) >= 11 is 0. The molecule has 0 aromatic heterocycles. The van der Waals surface area contributed by atoms with Gasteiger partial charge in [0.05, 0.1) is 11.4 Å². The summed E-state index contributed by atoms with van der Waals surface area (Å²) in [5, 5.41) is 19.2. The molecule has 0 saturated carbocycles. The molecule has 1 aliphatic heterocycles. The van der Waals surface area contributed by atoms with Crippen molar-refractivity contribution in [3.8, 4) is 0 Å². The summed E-state index contributed by atoms with van der Waals surface area (Å²) in [5.41, 5.74) is 3.42. The third-order valence-electron chi connectivity index (χ3n) is 6.68. The van der Waals surface area contributed by atoms with E-state index in [2.05, 4.69) is 43.4 Å². The number of aliphatic hydroxyl groups excluding tert-OH is 1. The van der Waals surface area contributed by atoms with Crippen LogP contribution in [0.5, 0.6) is 0 Å². The van der Waals surface area contributed by atoms with Crippen molar-refractivity contribution < 1.29 is 9.90 Å². The summed E-state index contributed by atoms with van der Waals surface area (Å²) in [5.74, 6) is 0.0234. The summed E-state index contributed by atoms with van der Waals surface area (Å²) in [7, 11) is 0. The Morgan fingerprint density at radius 3 is 2.39 bits per heavy atom. The Hall–Kier alpha value is -2.66. The van der Waals surface area contributed by atoms with Gasteiger partial charge in [0.25, 0.3) is 0 Å². The van der Waals surface area contributed by atoms with Gasteiger partial charge >= 0.3 is 0 Å². The number of aliphatic hydroxyl groups is 1. The Balaban J connectivity index is 1.92. The molecule has 2 unspecified atom stereocenters. The summed E-state index contributed by atoms with van der Waals surface area (Å²) in [6.07, 6.45) is 6.75. The number of hydrazone groups is 1. The molecular formula is C28H39N3O2. The Labute approximate surface area is 198 Å². The zero-order valence-corrected chi connectivity index (χ0v) is 20.4. The topological polar surface area (TPSA) is 64.9 Å². The second-order valence-corrected chi connectivity index (χ2v) is 9.23. The van der Waals surface area contributed by atoms with Crippen LogP contribution in [0.1, 0.15) is 69.9 Å². The standard InChI is InChI=1S/C28H39N3O2/c1-4-5-15-25-26(23-18-16-22(2)17-19-23)30-31(24-13-9-8-10-14-24)28(25,3)27(33)29-20-11-6-7-12-21-32/h8-10,13-14,16-19,25,32H,4-7,11-12,15,20-21H2,1-3H3,(H,29,33). The number of nitrogens with one attached hydrogen (secondary N) is 1. The first-order chi connectivity index (χ1) is 16.0. The monoisotopic (exact) mass is 449 g/mol. The van der Waals surface area contributed by atoms with Crippen LogP contribution in [0.15, 0.2) is 59.7 Å². The minimum Gasteiger partial charge on any atom is -0.396 e. The van der Waals surface area contributed by atoms with E-state index in [0.29, 0.717) is 6.54 Å². The normalized spacial score (nSPS) is 20.1. The Kier molecular flexibility index (Phi) is 9.07. The molecule has 2 N–H and O–H groups in total. The minimum absolute atomic E-state index is 0.00486. The Morgan fingerprint density at radius 2 is 1.73 bits per heavy atom. The maximum Gasteiger partial charge on any atom is 0.248 e. The number of nitrogens with zero attached hydrogens (tertiary/aromatic N) is 2. The van der Waals surface area contributed by atoms with Gasteiger partial charge in [-0.15, -0.1) is 0 Å². The summed E-state index contributed by atoms with van der Waals surface area (Å²) in [4.78, 5) is 13.8. The van der Waals surface area contributed by atoms with Gasteiger partial charge in [-0.2, -0.15) is 5.10 Å². The summed E-state index contributed by atoms with van der Waals surface area (Å²) in [6.45, 7) is 7.20. The maximum atomic E-state index is 13.8. The van der Waals surface area contributed by atoms with Crippen LogP contribution in [0.4, 0.5) is 5.69 Å². The first-order valence-corrected chi connectivity index (χ1v) is 12.4. The number of carbonyl (C=O) groups is 1. The van der Waals surface area contributed by atoms with E-state index in [9.17, 15) is 4.79 Å².